The molecule has 17 nitrogen and oxygen atoms in total. The Morgan fingerprint density at radius 1 is 1.30 bits per heavy atom. The number of nitrogen functional groups attached to an aromatic ring is 1. The topological polar surface area (TPSA) is 243 Å². The van der Waals surface area contributed by atoms with E-state index in [1.165, 1.54) is 55.0 Å². The molecule has 0 radical (unpaired) electrons. The molecule has 4 heterocycles. The number of ether oxygens (including phenoxy) is 3. The van der Waals surface area contributed by atoms with Crippen LogP contribution < -0.4 is 10.8 Å². The van der Waals surface area contributed by atoms with Crippen LogP contribution in [-0.2, 0) is 38.2 Å². The molecule has 1 aliphatic rings. The van der Waals surface area contributed by atoms with Crippen LogP contribution in [0.15, 0.2) is 43.0 Å². The van der Waals surface area contributed by atoms with Gasteiger partial charge in [0, 0.05) is 12.4 Å². The minimum absolute atomic E-state index is 0.0376. The summed E-state index contributed by atoms with van der Waals surface area (Å²) in [7, 11) is -4.58. The highest BCUT2D eigenvalue weighted by Gasteiger charge is 2.58. The van der Waals surface area contributed by atoms with Crippen molar-refractivity contribution in [1.82, 2.24) is 24.7 Å². The molecule has 0 saturated carbocycles. The molecule has 18 heteroatoms. The number of nitrogens with one attached hydrogen (secondary N) is 1. The van der Waals surface area contributed by atoms with Crippen LogP contribution in [0.1, 0.15) is 43.7 Å². The maximum atomic E-state index is 13.9. The maximum absolute atomic E-state index is 13.9. The zero-order valence-electron chi connectivity index (χ0n) is 24.2. The lowest BCUT2D eigenvalue weighted by atomic mass is 9.92. The maximum Gasteiger partial charge on any atom is 0.409 e. The summed E-state index contributed by atoms with van der Waals surface area (Å²) in [6, 6.07) is 7.77. The number of nitriles is 1. The van der Waals surface area contributed by atoms with Crippen molar-refractivity contribution in [3.05, 3.63) is 54.2 Å². The first-order valence-electron chi connectivity index (χ1n) is 13.2. The van der Waals surface area contributed by atoms with Crippen LogP contribution in [0.3, 0.4) is 0 Å². The van der Waals surface area contributed by atoms with E-state index < -0.39 is 68.6 Å². The highest BCUT2D eigenvalue weighted by Crippen LogP contribution is 2.48. The predicted molar refractivity (Wildman–Crippen MR) is 149 cm³/mol. The Hall–Kier alpha value is -4.01. The Kier molecular flexibility index (Phi) is 9.66. The summed E-state index contributed by atoms with van der Waals surface area (Å²) in [5.74, 6) is -1.55. The Labute approximate surface area is 251 Å². The molecule has 0 bridgehead atoms. The van der Waals surface area contributed by atoms with Gasteiger partial charge < -0.3 is 30.2 Å². The fraction of sp³-hybridized carbons (Fsp3) is 0.462. The van der Waals surface area contributed by atoms with Gasteiger partial charge in [0.2, 0.25) is 12.4 Å². The zero-order valence-corrected chi connectivity index (χ0v) is 25.1. The molecule has 4 rings (SSSR count). The van der Waals surface area contributed by atoms with Crippen LogP contribution >= 0.6 is 7.75 Å². The number of esters is 2. The van der Waals surface area contributed by atoms with Crippen LogP contribution in [0.5, 0.6) is 0 Å². The number of rotatable bonds is 12. The number of aliphatic hydroxyl groups excluding tert-OH is 2. The molecule has 0 unspecified atom stereocenters. The van der Waals surface area contributed by atoms with E-state index in [1.54, 1.807) is 13.8 Å². The van der Waals surface area contributed by atoms with Crippen molar-refractivity contribution in [3.8, 4) is 6.07 Å². The van der Waals surface area contributed by atoms with Crippen LogP contribution in [0.4, 0.5) is 5.82 Å². The van der Waals surface area contributed by atoms with Gasteiger partial charge in [0.05, 0.1) is 24.0 Å². The number of carbonyl (C=O) groups excluding carboxylic acids is 2. The second-order valence-corrected chi connectivity index (χ2v) is 12.2. The first-order chi connectivity index (χ1) is 20.7. The van der Waals surface area contributed by atoms with E-state index in [-0.39, 0.29) is 17.1 Å². The van der Waals surface area contributed by atoms with Crippen LogP contribution in [0.2, 0.25) is 0 Å². The van der Waals surface area contributed by atoms with Crippen LogP contribution in [0, 0.1) is 11.3 Å². The Bertz CT molecular complexity index is 1590. The van der Waals surface area contributed by atoms with Gasteiger partial charge in [0.25, 0.3) is 0 Å². The van der Waals surface area contributed by atoms with E-state index in [4.69, 9.17) is 29.0 Å². The average molecular weight is 634 g/mol. The second-order valence-electron chi connectivity index (χ2n) is 10.5. The third-order valence-corrected chi connectivity index (χ3v) is 8.24. The molecule has 5 N–H and O–H groups in total. The number of nitrogens with two attached hydrogens (primary N) is 1. The summed E-state index contributed by atoms with van der Waals surface area (Å²) in [6.45, 7) is 4.35. The SMILES string of the molecule is CC(C)OC(=O)C(C)(C)N[P@](=O)(OCOC(=O)c1cccnc1)OC[C@H]1O[C@@](C#N)(c2ccc3c(N)ncnn23)[C@H](O)[C@@H]1O. The van der Waals surface area contributed by atoms with Crippen molar-refractivity contribution in [1.29, 1.82) is 5.26 Å². The smallest absolute Gasteiger partial charge is 0.409 e. The van der Waals surface area contributed by atoms with Crippen LogP contribution in [-0.4, -0.2) is 85.1 Å². The summed E-state index contributed by atoms with van der Waals surface area (Å²) in [6.07, 6.45) is -1.65. The van der Waals surface area contributed by atoms with Crippen molar-refractivity contribution >= 4 is 31.0 Å². The second kappa shape index (κ2) is 12.9. The molecule has 1 aliphatic heterocycles. The van der Waals surface area contributed by atoms with E-state index in [0.717, 1.165) is 6.33 Å². The summed E-state index contributed by atoms with van der Waals surface area (Å²) < 4.78 is 42.0. The minimum atomic E-state index is -4.58. The predicted octanol–water partition coefficient (Wildman–Crippen LogP) is 0.822. The molecule has 0 amide bonds. The quantitative estimate of drug-likeness (QED) is 0.123. The number of fused-ring (bicyclic) bond motifs is 1. The molecule has 1 saturated heterocycles. The molecule has 0 spiro atoms. The Morgan fingerprint density at radius 3 is 2.70 bits per heavy atom. The molecular weight excluding hydrogens is 601 g/mol. The molecule has 44 heavy (non-hydrogen) atoms. The molecule has 3 aromatic heterocycles. The highest BCUT2D eigenvalue weighted by molar-refractivity contribution is 7.51. The number of nitrogens with zero attached hydrogens (tertiary/aromatic N) is 5. The van der Waals surface area contributed by atoms with Crippen molar-refractivity contribution in [3.63, 3.8) is 0 Å². The summed E-state index contributed by atoms with van der Waals surface area (Å²) in [5.41, 5.74) is 2.53. The Balaban J connectivity index is 1.54. The molecule has 0 aromatic carbocycles. The standard InChI is InChI=1S/C26H32N7O10P/c1-15(2)42-24(37)25(3,4)32-44(38,41-14-39-23(36)16-6-5-9-29-10-16)40-11-18-20(34)21(35)26(12-27,43-18)19-8-7-17-22(28)30-13-31-33(17)19/h5-10,13,15,18,20-21,34-35H,11,14H2,1-4H3,(H,32,38)(H2,28,30,31)/t18-,20-,21-,26+,44-/m1/s1. The largest absolute Gasteiger partial charge is 0.462 e. The van der Waals surface area contributed by atoms with Crippen molar-refractivity contribution in [2.75, 3.05) is 19.1 Å². The number of carbonyl (C=O) groups is 2. The van der Waals surface area contributed by atoms with Gasteiger partial charge in [-0.15, -0.1) is 0 Å². The highest BCUT2D eigenvalue weighted by atomic mass is 31.2. The third-order valence-electron chi connectivity index (χ3n) is 6.47. The van der Waals surface area contributed by atoms with E-state index >= 15 is 0 Å². The molecular formula is C26H32N7O10P. The summed E-state index contributed by atoms with van der Waals surface area (Å²) >= 11 is 0. The first-order valence-corrected chi connectivity index (χ1v) is 14.8. The van der Waals surface area contributed by atoms with Crippen molar-refractivity contribution in [2.24, 2.45) is 0 Å². The molecule has 3 aromatic rings. The number of aromatic nitrogens is 4. The monoisotopic (exact) mass is 633 g/mol. The van der Waals surface area contributed by atoms with Gasteiger partial charge >= 0.3 is 19.7 Å². The van der Waals surface area contributed by atoms with Crippen LogP contribution in [0.25, 0.3) is 5.52 Å². The van der Waals surface area contributed by atoms with E-state index in [9.17, 15) is 29.6 Å². The number of anilines is 1. The number of hydrogen-bond acceptors (Lipinski definition) is 15. The van der Waals surface area contributed by atoms with Gasteiger partial charge in [-0.2, -0.15) is 10.4 Å². The normalized spacial score (nSPS) is 23.3. The van der Waals surface area contributed by atoms with Gasteiger partial charge in [-0.25, -0.2) is 23.9 Å². The Morgan fingerprint density at radius 2 is 2.05 bits per heavy atom. The molecule has 1 fully saturated rings. The molecule has 0 aliphatic carbocycles. The molecule has 5 atom stereocenters. The van der Waals surface area contributed by atoms with Gasteiger partial charge in [0.15, 0.2) is 5.82 Å². The lowest BCUT2D eigenvalue weighted by molar-refractivity contribution is -0.153. The number of pyridine rings is 1. The number of aliphatic hydroxyl groups is 2. The van der Waals surface area contributed by atoms with Gasteiger partial charge in [0.1, 0.15) is 41.8 Å². The number of hydrogen-bond donors (Lipinski definition) is 4. The van der Waals surface area contributed by atoms with Gasteiger partial charge in [-0.1, -0.05) is 0 Å². The lowest BCUT2D eigenvalue weighted by Crippen LogP contribution is -2.47. The average Bonchev–Trinajstić information content (AvgIpc) is 3.52. The van der Waals surface area contributed by atoms with Crippen molar-refractivity contribution in [2.45, 2.75) is 63.3 Å². The van der Waals surface area contributed by atoms with Gasteiger partial charge in [-0.05, 0) is 52.0 Å². The van der Waals surface area contributed by atoms with E-state index in [0.29, 0.717) is 5.52 Å². The van der Waals surface area contributed by atoms with E-state index in [2.05, 4.69) is 20.2 Å². The summed E-state index contributed by atoms with van der Waals surface area (Å²) in [5, 5.41) is 38.5. The lowest BCUT2D eigenvalue weighted by Gasteiger charge is -2.30. The first kappa shape index (κ1) is 32.9. The third kappa shape index (κ3) is 6.71. The summed E-state index contributed by atoms with van der Waals surface area (Å²) in [4.78, 5) is 32.7. The fourth-order valence-electron chi connectivity index (χ4n) is 4.29. The van der Waals surface area contributed by atoms with E-state index in [1.807, 2.05) is 6.07 Å². The molecule has 236 valence electrons. The minimum Gasteiger partial charge on any atom is -0.462 e. The van der Waals surface area contributed by atoms with Crippen molar-refractivity contribution < 1.29 is 47.6 Å². The fourth-order valence-corrected chi connectivity index (χ4v) is 5.80. The van der Waals surface area contributed by atoms with Gasteiger partial charge in [-0.3, -0.25) is 18.8 Å². The zero-order chi connectivity index (χ0) is 32.3.